The van der Waals surface area contributed by atoms with E-state index >= 15 is 0 Å². The zero-order valence-corrected chi connectivity index (χ0v) is 9.23. The second kappa shape index (κ2) is 3.57. The average molecular weight is 225 g/mol. The highest BCUT2D eigenvalue weighted by Gasteiger charge is 2.53. The summed E-state index contributed by atoms with van der Waals surface area (Å²) in [6.07, 6.45) is 2.25. The Bertz CT molecular complexity index is 359. The number of nitrogens with zero attached hydrogens (tertiary/aromatic N) is 1. The van der Waals surface area contributed by atoms with Gasteiger partial charge in [-0.05, 0) is 19.3 Å². The van der Waals surface area contributed by atoms with Gasteiger partial charge in [0.05, 0.1) is 12.0 Å². The summed E-state index contributed by atoms with van der Waals surface area (Å²) in [4.78, 5) is 35.6. The van der Waals surface area contributed by atoms with Crippen LogP contribution in [-0.4, -0.2) is 33.3 Å². The largest absolute Gasteiger partial charge is 0.481 e. The van der Waals surface area contributed by atoms with Gasteiger partial charge in [0.25, 0.3) is 0 Å². The molecule has 0 aromatic rings. The van der Waals surface area contributed by atoms with Crippen molar-refractivity contribution >= 4 is 17.8 Å². The van der Waals surface area contributed by atoms with Crippen LogP contribution in [0.3, 0.4) is 0 Å². The highest BCUT2D eigenvalue weighted by Crippen LogP contribution is 2.43. The van der Waals surface area contributed by atoms with Crippen LogP contribution in [0.15, 0.2) is 0 Å². The Hall–Kier alpha value is -1.39. The van der Waals surface area contributed by atoms with Crippen molar-refractivity contribution in [3.8, 4) is 0 Å². The number of carboxylic acid groups (broad SMARTS) is 1. The van der Waals surface area contributed by atoms with Gasteiger partial charge in [0.15, 0.2) is 0 Å². The number of carbonyl (C=O) groups is 3. The summed E-state index contributed by atoms with van der Waals surface area (Å²) in [5.74, 6) is -1.65. The first-order valence-electron chi connectivity index (χ1n) is 5.55. The van der Waals surface area contributed by atoms with Gasteiger partial charge in [0, 0.05) is 12.3 Å². The second-order valence-electron chi connectivity index (χ2n) is 4.82. The van der Waals surface area contributed by atoms with Gasteiger partial charge in [-0.2, -0.15) is 0 Å². The van der Waals surface area contributed by atoms with E-state index in [1.54, 1.807) is 6.92 Å². The Morgan fingerprint density at radius 3 is 2.44 bits per heavy atom. The molecule has 0 spiro atoms. The van der Waals surface area contributed by atoms with Gasteiger partial charge in [-0.1, -0.05) is 6.92 Å². The van der Waals surface area contributed by atoms with Crippen molar-refractivity contribution in [2.45, 2.75) is 44.6 Å². The number of imide groups is 1. The van der Waals surface area contributed by atoms with Crippen molar-refractivity contribution in [2.75, 3.05) is 0 Å². The maximum Gasteiger partial charge on any atom is 0.305 e. The van der Waals surface area contributed by atoms with Gasteiger partial charge in [-0.3, -0.25) is 19.3 Å². The van der Waals surface area contributed by atoms with E-state index in [4.69, 9.17) is 5.11 Å². The quantitative estimate of drug-likeness (QED) is 0.720. The maximum atomic E-state index is 11.8. The summed E-state index contributed by atoms with van der Waals surface area (Å²) in [7, 11) is 0. The molecule has 16 heavy (non-hydrogen) atoms. The van der Waals surface area contributed by atoms with Gasteiger partial charge < -0.3 is 5.11 Å². The third-order valence-corrected chi connectivity index (χ3v) is 3.61. The standard InChI is InChI=1S/C11H15NO4/c1-7-5-8(13)12(10(7)16)11(3-2-4-11)6-9(14)15/h7H,2-6H2,1H3,(H,14,15). The predicted octanol–water partition coefficient (Wildman–Crippen LogP) is 0.779. The molecule has 88 valence electrons. The molecule has 0 aromatic carbocycles. The fourth-order valence-corrected chi connectivity index (χ4v) is 2.63. The fourth-order valence-electron chi connectivity index (χ4n) is 2.63. The van der Waals surface area contributed by atoms with Crippen molar-refractivity contribution in [1.82, 2.24) is 4.90 Å². The first-order chi connectivity index (χ1) is 7.46. The Morgan fingerprint density at radius 1 is 1.50 bits per heavy atom. The summed E-state index contributed by atoms with van der Waals surface area (Å²) < 4.78 is 0. The van der Waals surface area contributed by atoms with Crippen LogP contribution >= 0.6 is 0 Å². The highest BCUT2D eigenvalue weighted by molar-refractivity contribution is 6.04. The number of rotatable bonds is 3. The number of aliphatic carboxylic acids is 1. The summed E-state index contributed by atoms with van der Waals surface area (Å²) in [6.45, 7) is 1.72. The fraction of sp³-hybridized carbons (Fsp3) is 0.727. The average Bonchev–Trinajstić information content (AvgIpc) is 2.35. The number of hydrogen-bond acceptors (Lipinski definition) is 3. The molecule has 1 N–H and O–H groups in total. The first-order valence-corrected chi connectivity index (χ1v) is 5.55. The van der Waals surface area contributed by atoms with Gasteiger partial charge in [-0.15, -0.1) is 0 Å². The molecule has 5 nitrogen and oxygen atoms in total. The molecule has 1 aliphatic heterocycles. The van der Waals surface area contributed by atoms with Gasteiger partial charge in [0.2, 0.25) is 11.8 Å². The van der Waals surface area contributed by atoms with E-state index in [-0.39, 0.29) is 30.6 Å². The van der Waals surface area contributed by atoms with E-state index in [1.165, 1.54) is 4.90 Å². The molecule has 0 aromatic heterocycles. The highest BCUT2D eigenvalue weighted by atomic mass is 16.4. The van der Waals surface area contributed by atoms with Gasteiger partial charge in [0.1, 0.15) is 0 Å². The monoisotopic (exact) mass is 225 g/mol. The van der Waals surface area contributed by atoms with Crippen LogP contribution in [0.4, 0.5) is 0 Å². The zero-order valence-electron chi connectivity index (χ0n) is 9.23. The van der Waals surface area contributed by atoms with Crippen LogP contribution in [0.1, 0.15) is 39.0 Å². The molecule has 1 saturated heterocycles. The summed E-state index contributed by atoms with van der Waals surface area (Å²) >= 11 is 0. The van der Waals surface area contributed by atoms with Crippen LogP contribution in [0.2, 0.25) is 0 Å². The minimum absolute atomic E-state index is 0.114. The number of carbonyl (C=O) groups excluding carboxylic acids is 2. The molecule has 1 saturated carbocycles. The van der Waals surface area contributed by atoms with Crippen molar-refractivity contribution < 1.29 is 19.5 Å². The Morgan fingerprint density at radius 2 is 2.12 bits per heavy atom. The lowest BCUT2D eigenvalue weighted by atomic mass is 9.73. The molecular formula is C11H15NO4. The molecule has 0 bridgehead atoms. The lowest BCUT2D eigenvalue weighted by Gasteiger charge is -2.46. The van der Waals surface area contributed by atoms with Crippen LogP contribution in [0.5, 0.6) is 0 Å². The minimum atomic E-state index is -0.945. The normalized spacial score (nSPS) is 28.1. The number of amides is 2. The predicted molar refractivity (Wildman–Crippen MR) is 54.5 cm³/mol. The molecule has 2 rings (SSSR count). The number of hydrogen-bond donors (Lipinski definition) is 1. The SMILES string of the molecule is CC1CC(=O)N(C2(CC(=O)O)CCC2)C1=O. The van der Waals surface area contributed by atoms with Crippen LogP contribution in [0, 0.1) is 5.92 Å². The topological polar surface area (TPSA) is 74.7 Å². The van der Waals surface area contributed by atoms with Crippen molar-refractivity contribution in [3.63, 3.8) is 0 Å². The van der Waals surface area contributed by atoms with Crippen molar-refractivity contribution in [2.24, 2.45) is 5.92 Å². The van der Waals surface area contributed by atoms with E-state index in [9.17, 15) is 14.4 Å². The molecule has 0 radical (unpaired) electrons. The Balaban J connectivity index is 2.24. The molecular weight excluding hydrogens is 210 g/mol. The lowest BCUT2D eigenvalue weighted by Crippen LogP contribution is -2.57. The molecule has 2 fully saturated rings. The molecule has 1 heterocycles. The van der Waals surface area contributed by atoms with E-state index in [1.807, 2.05) is 0 Å². The number of likely N-dealkylation sites (tertiary alicyclic amines) is 1. The van der Waals surface area contributed by atoms with E-state index < -0.39 is 11.5 Å². The smallest absolute Gasteiger partial charge is 0.305 e. The molecule has 1 aliphatic carbocycles. The third-order valence-electron chi connectivity index (χ3n) is 3.61. The van der Waals surface area contributed by atoms with Gasteiger partial charge >= 0.3 is 5.97 Å². The van der Waals surface area contributed by atoms with Crippen LogP contribution in [-0.2, 0) is 14.4 Å². The van der Waals surface area contributed by atoms with E-state index in [0.29, 0.717) is 12.8 Å². The van der Waals surface area contributed by atoms with Gasteiger partial charge in [-0.25, -0.2) is 0 Å². The minimum Gasteiger partial charge on any atom is -0.481 e. The Labute approximate surface area is 93.4 Å². The van der Waals surface area contributed by atoms with Crippen LogP contribution < -0.4 is 0 Å². The Kier molecular flexibility index (Phi) is 2.48. The number of carboxylic acids is 1. The maximum absolute atomic E-state index is 11.8. The molecule has 1 unspecified atom stereocenters. The summed E-state index contributed by atoms with van der Waals surface area (Å²) in [6, 6.07) is 0. The van der Waals surface area contributed by atoms with Crippen LogP contribution in [0.25, 0.3) is 0 Å². The lowest BCUT2D eigenvalue weighted by molar-refractivity contribution is -0.155. The molecule has 1 atom stereocenters. The summed E-state index contributed by atoms with van der Waals surface area (Å²) in [5.41, 5.74) is -0.717. The van der Waals surface area contributed by atoms with E-state index in [2.05, 4.69) is 0 Å². The summed E-state index contributed by atoms with van der Waals surface area (Å²) in [5, 5.41) is 8.86. The first kappa shape index (κ1) is 11.1. The molecule has 5 heteroatoms. The van der Waals surface area contributed by atoms with Crippen molar-refractivity contribution in [1.29, 1.82) is 0 Å². The second-order valence-corrected chi connectivity index (χ2v) is 4.82. The van der Waals surface area contributed by atoms with E-state index in [0.717, 1.165) is 6.42 Å². The zero-order chi connectivity index (χ0) is 11.9. The third kappa shape index (κ3) is 1.50. The van der Waals surface area contributed by atoms with Crippen molar-refractivity contribution in [3.05, 3.63) is 0 Å². The molecule has 2 amide bonds. The molecule has 2 aliphatic rings.